The fourth-order valence-corrected chi connectivity index (χ4v) is 5.28. The van der Waals surface area contributed by atoms with E-state index >= 15 is 0 Å². The molecule has 2 fully saturated rings. The molecule has 4 N–H and O–H groups in total. The van der Waals surface area contributed by atoms with Gasteiger partial charge in [0.05, 0.1) is 17.6 Å². The number of primary amides is 1. The van der Waals surface area contributed by atoms with Gasteiger partial charge in [-0.05, 0) is 79.2 Å². The van der Waals surface area contributed by atoms with Crippen molar-refractivity contribution in [3.8, 4) is 0 Å². The van der Waals surface area contributed by atoms with Crippen molar-refractivity contribution in [1.29, 1.82) is 0 Å². The molecule has 2 aromatic heterocycles. The van der Waals surface area contributed by atoms with E-state index in [2.05, 4.69) is 46.4 Å². The normalized spacial score (nSPS) is 22.6. The number of amides is 1. The Bertz CT molecular complexity index is 948. The molecule has 0 spiro atoms. The quantitative estimate of drug-likeness (QED) is 0.631. The predicted molar refractivity (Wildman–Crippen MR) is 135 cm³/mol. The van der Waals surface area contributed by atoms with Crippen LogP contribution in [0.3, 0.4) is 0 Å². The van der Waals surface area contributed by atoms with Crippen LogP contribution in [0.5, 0.6) is 0 Å². The molecule has 0 radical (unpaired) electrons. The van der Waals surface area contributed by atoms with Gasteiger partial charge in [0.25, 0.3) is 0 Å². The summed E-state index contributed by atoms with van der Waals surface area (Å²) < 4.78 is 14.7. The summed E-state index contributed by atoms with van der Waals surface area (Å²) in [5, 5.41) is 4.16. The van der Waals surface area contributed by atoms with Crippen molar-refractivity contribution in [2.75, 3.05) is 11.5 Å². The Hall–Kier alpha value is -2.68. The van der Waals surface area contributed by atoms with Gasteiger partial charge in [0.2, 0.25) is 6.41 Å². The van der Waals surface area contributed by atoms with Crippen molar-refractivity contribution in [2.45, 2.75) is 52.4 Å². The Labute approximate surface area is 199 Å². The molecule has 0 aromatic carbocycles. The third-order valence-electron chi connectivity index (χ3n) is 5.98. The minimum absolute atomic E-state index is 0.250. The number of allylic oxidation sites excluding steroid dienone is 1. The SMILES string of the molecule is CC[C@@]1(C)CCSC1.Cn1nccc1/C(N)=C1\CCCCC1=Nc1ccc(F)cn1.NC=O. The van der Waals surface area contributed by atoms with Gasteiger partial charge in [0, 0.05) is 19.0 Å². The number of nitrogens with zero attached hydrogens (tertiary/aromatic N) is 4. The van der Waals surface area contributed by atoms with Crippen LogP contribution in [0.2, 0.25) is 0 Å². The summed E-state index contributed by atoms with van der Waals surface area (Å²) in [6.07, 6.45) is 9.85. The molecule has 2 aliphatic rings. The smallest absolute Gasteiger partial charge is 0.204 e. The number of aryl methyl sites for hydroxylation is 1. The van der Waals surface area contributed by atoms with Crippen LogP contribution in [0.4, 0.5) is 10.2 Å². The van der Waals surface area contributed by atoms with E-state index in [9.17, 15) is 4.39 Å². The first kappa shape index (κ1) is 26.6. The first-order valence-electron chi connectivity index (χ1n) is 11.2. The molecule has 0 bridgehead atoms. The number of hydrogen-bond acceptors (Lipinski definition) is 6. The van der Waals surface area contributed by atoms with Crippen LogP contribution < -0.4 is 11.5 Å². The predicted octanol–water partition coefficient (Wildman–Crippen LogP) is 4.61. The highest BCUT2D eigenvalue weighted by Gasteiger charge is 2.26. The molecule has 4 rings (SSSR count). The molecular weight excluding hydrogens is 439 g/mol. The maximum atomic E-state index is 13.0. The van der Waals surface area contributed by atoms with Gasteiger partial charge in [-0.3, -0.25) is 9.48 Å². The number of carbonyl (C=O) groups excluding carboxylic acids is 1. The highest BCUT2D eigenvalue weighted by molar-refractivity contribution is 7.99. The largest absolute Gasteiger partial charge is 0.397 e. The van der Waals surface area contributed by atoms with E-state index in [0.717, 1.165) is 42.7 Å². The zero-order valence-corrected chi connectivity index (χ0v) is 20.6. The molecule has 1 atom stereocenters. The monoisotopic (exact) mass is 474 g/mol. The van der Waals surface area contributed by atoms with E-state index in [-0.39, 0.29) is 12.2 Å². The molecular formula is C24H35FN6OS. The molecule has 9 heteroatoms. The van der Waals surface area contributed by atoms with E-state index < -0.39 is 0 Å². The summed E-state index contributed by atoms with van der Waals surface area (Å²) >= 11 is 2.11. The van der Waals surface area contributed by atoms with Gasteiger partial charge in [-0.2, -0.15) is 16.9 Å². The maximum Gasteiger partial charge on any atom is 0.204 e. The number of pyridine rings is 1. The molecule has 1 aliphatic heterocycles. The van der Waals surface area contributed by atoms with Crippen LogP contribution in [0.25, 0.3) is 5.70 Å². The number of nitrogens with two attached hydrogens (primary N) is 2. The van der Waals surface area contributed by atoms with Crippen LogP contribution in [0.15, 0.2) is 41.2 Å². The minimum Gasteiger partial charge on any atom is -0.397 e. The zero-order chi connectivity index (χ0) is 24.3. The summed E-state index contributed by atoms with van der Waals surface area (Å²) in [6, 6.07) is 4.84. The lowest BCUT2D eigenvalue weighted by atomic mass is 9.88. The Morgan fingerprint density at radius 3 is 2.58 bits per heavy atom. The molecule has 180 valence electrons. The number of carbonyl (C=O) groups is 1. The molecule has 1 saturated carbocycles. The van der Waals surface area contributed by atoms with Gasteiger partial charge in [0.1, 0.15) is 5.82 Å². The van der Waals surface area contributed by atoms with E-state index in [4.69, 9.17) is 10.5 Å². The molecule has 3 heterocycles. The van der Waals surface area contributed by atoms with Crippen LogP contribution in [0, 0.1) is 11.2 Å². The van der Waals surface area contributed by atoms with Gasteiger partial charge in [-0.25, -0.2) is 14.4 Å². The summed E-state index contributed by atoms with van der Waals surface area (Å²) in [7, 11) is 1.87. The topological polar surface area (TPSA) is 112 Å². The third-order valence-corrected chi connectivity index (χ3v) is 7.37. The summed E-state index contributed by atoms with van der Waals surface area (Å²) in [4.78, 5) is 17.2. The lowest BCUT2D eigenvalue weighted by molar-refractivity contribution is -0.106. The third kappa shape index (κ3) is 7.99. The van der Waals surface area contributed by atoms with Crippen molar-refractivity contribution in [2.24, 2.45) is 28.9 Å². The average molecular weight is 475 g/mol. The Kier molecular flexibility index (Phi) is 10.6. The Balaban J connectivity index is 0.000000291. The van der Waals surface area contributed by atoms with Crippen LogP contribution in [0.1, 0.15) is 58.1 Å². The highest BCUT2D eigenvalue weighted by atomic mass is 32.2. The van der Waals surface area contributed by atoms with Gasteiger partial charge in [-0.15, -0.1) is 0 Å². The molecule has 1 aliphatic carbocycles. The van der Waals surface area contributed by atoms with Crippen molar-refractivity contribution >= 4 is 35.4 Å². The fraction of sp³-hybridized carbons (Fsp3) is 0.500. The van der Waals surface area contributed by atoms with E-state index in [1.54, 1.807) is 16.9 Å². The van der Waals surface area contributed by atoms with Crippen LogP contribution >= 0.6 is 11.8 Å². The number of aromatic nitrogens is 3. The molecule has 0 unspecified atom stereocenters. The number of aliphatic imine (C=N–C) groups is 1. The van der Waals surface area contributed by atoms with Crippen molar-refractivity contribution < 1.29 is 9.18 Å². The summed E-state index contributed by atoms with van der Waals surface area (Å²) in [5.41, 5.74) is 14.8. The van der Waals surface area contributed by atoms with Crippen LogP contribution in [-0.2, 0) is 11.8 Å². The lowest BCUT2D eigenvalue weighted by Gasteiger charge is -2.19. The standard InChI is InChI=1S/C16H18FN5.C7H14S.CH3NO/c1-22-14(8-9-20-22)16(18)12-4-2-3-5-13(12)21-15-7-6-11(17)10-19-15;1-3-7(2)4-5-8-6-7;2-1-3/h6-10H,2-5,18H2,1H3;3-6H2,1-2H3;1H,(H2,2,3)/b16-12-,21-13?;;/t;7-;/m.0./s1. The lowest BCUT2D eigenvalue weighted by Crippen LogP contribution is -2.16. The van der Waals surface area contributed by atoms with Crippen LogP contribution in [-0.4, -0.2) is 38.4 Å². The van der Waals surface area contributed by atoms with Crippen molar-refractivity contribution in [3.63, 3.8) is 0 Å². The molecule has 33 heavy (non-hydrogen) atoms. The minimum atomic E-state index is -0.363. The first-order chi connectivity index (χ1) is 15.8. The fourth-order valence-electron chi connectivity index (χ4n) is 3.66. The highest BCUT2D eigenvalue weighted by Crippen LogP contribution is 2.37. The molecule has 2 aromatic rings. The van der Waals surface area contributed by atoms with E-state index in [0.29, 0.717) is 16.9 Å². The van der Waals surface area contributed by atoms with Gasteiger partial charge >= 0.3 is 0 Å². The second kappa shape index (κ2) is 13.1. The van der Waals surface area contributed by atoms with Gasteiger partial charge in [-0.1, -0.05) is 13.8 Å². The number of halogens is 1. The molecule has 1 amide bonds. The molecule has 1 saturated heterocycles. The number of rotatable bonds is 3. The summed E-state index contributed by atoms with van der Waals surface area (Å²) in [6.45, 7) is 4.69. The Morgan fingerprint density at radius 1 is 1.33 bits per heavy atom. The van der Waals surface area contributed by atoms with E-state index in [1.807, 2.05) is 13.1 Å². The molecule has 7 nitrogen and oxygen atoms in total. The maximum absolute atomic E-state index is 13.0. The first-order valence-corrected chi connectivity index (χ1v) is 12.4. The number of thioether (sulfide) groups is 1. The van der Waals surface area contributed by atoms with Crippen molar-refractivity contribution in [1.82, 2.24) is 14.8 Å². The summed E-state index contributed by atoms with van der Waals surface area (Å²) in [5.74, 6) is 2.93. The van der Waals surface area contributed by atoms with Gasteiger partial charge in [0.15, 0.2) is 5.82 Å². The second-order valence-corrected chi connectivity index (χ2v) is 9.54. The average Bonchev–Trinajstić information content (AvgIpc) is 3.45. The number of hydrogen-bond donors (Lipinski definition) is 2. The van der Waals surface area contributed by atoms with Crippen molar-refractivity contribution in [3.05, 3.63) is 47.7 Å². The Morgan fingerprint density at radius 2 is 2.06 bits per heavy atom. The van der Waals surface area contributed by atoms with E-state index in [1.165, 1.54) is 36.6 Å². The second-order valence-electron chi connectivity index (χ2n) is 8.44. The van der Waals surface area contributed by atoms with Gasteiger partial charge < -0.3 is 11.5 Å². The zero-order valence-electron chi connectivity index (χ0n) is 19.8.